The molecule has 0 spiro atoms. The molecular formula is C22H27N5O3S. The number of amides is 1. The van der Waals surface area contributed by atoms with Gasteiger partial charge in [-0.15, -0.1) is 11.3 Å². The van der Waals surface area contributed by atoms with Crippen molar-refractivity contribution in [2.75, 3.05) is 46.4 Å². The van der Waals surface area contributed by atoms with Crippen LogP contribution in [0.3, 0.4) is 0 Å². The Balaban J connectivity index is 1.16. The number of piperazine rings is 1. The van der Waals surface area contributed by atoms with Gasteiger partial charge in [0.1, 0.15) is 5.75 Å². The lowest BCUT2D eigenvalue weighted by atomic mass is 10.1. The maximum atomic E-state index is 12.3. The lowest BCUT2D eigenvalue weighted by Crippen LogP contribution is -2.49. The van der Waals surface area contributed by atoms with Gasteiger partial charge in [-0.3, -0.25) is 14.6 Å². The first-order valence-electron chi connectivity index (χ1n) is 10.4. The molecule has 1 aliphatic heterocycles. The molecular weight excluding hydrogens is 414 g/mol. The predicted molar refractivity (Wildman–Crippen MR) is 119 cm³/mol. The summed E-state index contributed by atoms with van der Waals surface area (Å²) in [4.78, 5) is 22.3. The topological polar surface area (TPSA) is 83.7 Å². The summed E-state index contributed by atoms with van der Waals surface area (Å²) in [5.41, 5.74) is 1.10. The minimum Gasteiger partial charge on any atom is -0.496 e. The fourth-order valence-electron chi connectivity index (χ4n) is 3.63. The van der Waals surface area contributed by atoms with Gasteiger partial charge in [-0.05, 0) is 29.5 Å². The van der Waals surface area contributed by atoms with Gasteiger partial charge in [0.25, 0.3) is 0 Å². The minimum atomic E-state index is 0.0563. The number of methoxy groups -OCH3 is 1. The van der Waals surface area contributed by atoms with Crippen molar-refractivity contribution in [2.45, 2.75) is 13.0 Å². The van der Waals surface area contributed by atoms with Gasteiger partial charge in [-0.25, -0.2) is 0 Å². The maximum absolute atomic E-state index is 12.3. The van der Waals surface area contributed by atoms with Crippen molar-refractivity contribution in [3.8, 4) is 16.5 Å². The average Bonchev–Trinajstić information content (AvgIpc) is 3.47. The number of carbonyl (C=O) groups excluding carboxylic acids is 1. The molecule has 1 aliphatic rings. The Kier molecular flexibility index (Phi) is 7.29. The molecule has 1 amide bonds. The van der Waals surface area contributed by atoms with Crippen LogP contribution in [-0.2, 0) is 17.8 Å². The van der Waals surface area contributed by atoms with E-state index in [2.05, 4.69) is 25.3 Å². The molecule has 1 N–H and O–H groups in total. The van der Waals surface area contributed by atoms with Crippen LogP contribution in [0.1, 0.15) is 11.5 Å². The van der Waals surface area contributed by atoms with Crippen LogP contribution >= 0.6 is 11.3 Å². The van der Waals surface area contributed by atoms with Crippen LogP contribution in [-0.4, -0.2) is 72.2 Å². The van der Waals surface area contributed by atoms with Crippen molar-refractivity contribution >= 4 is 17.2 Å². The second-order valence-electron chi connectivity index (χ2n) is 7.45. The van der Waals surface area contributed by atoms with E-state index in [1.54, 1.807) is 18.4 Å². The lowest BCUT2D eigenvalue weighted by Gasteiger charge is -2.33. The highest BCUT2D eigenvalue weighted by molar-refractivity contribution is 7.13. The first-order chi connectivity index (χ1) is 15.2. The number of carbonyl (C=O) groups is 1. The molecule has 2 aromatic heterocycles. The summed E-state index contributed by atoms with van der Waals surface area (Å²) < 4.78 is 10.8. The molecule has 4 rings (SSSR count). The van der Waals surface area contributed by atoms with Gasteiger partial charge in [0.15, 0.2) is 0 Å². The second-order valence-corrected chi connectivity index (χ2v) is 8.40. The number of benzene rings is 1. The molecule has 0 radical (unpaired) electrons. The SMILES string of the molecule is COc1ccccc1CCNC(=O)CN1CCN(Cc2nc(-c3cccs3)no2)CC1. The zero-order valence-corrected chi connectivity index (χ0v) is 18.4. The van der Waals surface area contributed by atoms with Crippen LogP contribution in [0.2, 0.25) is 0 Å². The highest BCUT2D eigenvalue weighted by atomic mass is 32.1. The van der Waals surface area contributed by atoms with Crippen molar-refractivity contribution in [3.63, 3.8) is 0 Å². The van der Waals surface area contributed by atoms with Crippen LogP contribution in [0, 0.1) is 0 Å². The van der Waals surface area contributed by atoms with E-state index in [0.717, 1.165) is 48.8 Å². The van der Waals surface area contributed by atoms with Gasteiger partial charge < -0.3 is 14.6 Å². The van der Waals surface area contributed by atoms with E-state index in [1.165, 1.54) is 0 Å². The average molecular weight is 442 g/mol. The number of hydrogen-bond donors (Lipinski definition) is 1. The zero-order valence-electron chi connectivity index (χ0n) is 17.6. The van der Waals surface area contributed by atoms with Gasteiger partial charge in [-0.2, -0.15) is 4.98 Å². The van der Waals surface area contributed by atoms with E-state index >= 15 is 0 Å². The van der Waals surface area contributed by atoms with E-state index < -0.39 is 0 Å². The van der Waals surface area contributed by atoms with Crippen LogP contribution < -0.4 is 10.1 Å². The van der Waals surface area contributed by atoms with E-state index in [1.807, 2.05) is 41.8 Å². The number of nitrogens with one attached hydrogen (secondary N) is 1. The Bertz CT molecular complexity index is 967. The molecule has 3 heterocycles. The fourth-order valence-corrected chi connectivity index (χ4v) is 4.28. The Morgan fingerprint density at radius 2 is 1.97 bits per heavy atom. The van der Waals surface area contributed by atoms with Gasteiger partial charge >= 0.3 is 0 Å². The number of hydrogen-bond acceptors (Lipinski definition) is 8. The molecule has 9 heteroatoms. The molecule has 0 aliphatic carbocycles. The summed E-state index contributed by atoms with van der Waals surface area (Å²) in [5.74, 6) is 2.19. The summed E-state index contributed by atoms with van der Waals surface area (Å²) in [7, 11) is 1.66. The van der Waals surface area contributed by atoms with E-state index in [9.17, 15) is 4.79 Å². The van der Waals surface area contributed by atoms with Crippen molar-refractivity contribution < 1.29 is 14.1 Å². The number of rotatable bonds is 9. The molecule has 0 bridgehead atoms. The third-order valence-electron chi connectivity index (χ3n) is 5.31. The molecule has 1 fully saturated rings. The van der Waals surface area contributed by atoms with E-state index in [-0.39, 0.29) is 5.91 Å². The quantitative estimate of drug-likeness (QED) is 0.545. The highest BCUT2D eigenvalue weighted by Crippen LogP contribution is 2.21. The Morgan fingerprint density at radius 1 is 1.16 bits per heavy atom. The molecule has 0 unspecified atom stereocenters. The highest BCUT2D eigenvalue weighted by Gasteiger charge is 2.21. The smallest absolute Gasteiger partial charge is 0.241 e. The van der Waals surface area contributed by atoms with Crippen LogP contribution in [0.4, 0.5) is 0 Å². The van der Waals surface area contributed by atoms with Gasteiger partial charge in [0.05, 0.1) is 25.1 Å². The number of para-hydroxylation sites is 1. The number of ether oxygens (including phenoxy) is 1. The number of aromatic nitrogens is 2. The summed E-state index contributed by atoms with van der Waals surface area (Å²) in [5, 5.41) is 9.08. The van der Waals surface area contributed by atoms with Crippen molar-refractivity contribution in [3.05, 3.63) is 53.2 Å². The van der Waals surface area contributed by atoms with Gasteiger partial charge in [0.2, 0.25) is 17.6 Å². The fraction of sp³-hybridized carbons (Fsp3) is 0.409. The number of nitrogens with zero attached hydrogens (tertiary/aromatic N) is 4. The molecule has 8 nitrogen and oxygen atoms in total. The summed E-state index contributed by atoms with van der Waals surface area (Å²) in [6.45, 7) is 5.07. The van der Waals surface area contributed by atoms with Crippen molar-refractivity contribution in [2.24, 2.45) is 0 Å². The molecule has 3 aromatic rings. The molecule has 164 valence electrons. The third-order valence-corrected chi connectivity index (χ3v) is 6.18. The Morgan fingerprint density at radius 3 is 2.74 bits per heavy atom. The predicted octanol–water partition coefficient (Wildman–Crippen LogP) is 2.28. The largest absolute Gasteiger partial charge is 0.496 e. The lowest BCUT2D eigenvalue weighted by molar-refractivity contribution is -0.122. The van der Waals surface area contributed by atoms with E-state index in [0.29, 0.717) is 31.3 Å². The van der Waals surface area contributed by atoms with Crippen molar-refractivity contribution in [1.29, 1.82) is 0 Å². The minimum absolute atomic E-state index is 0.0563. The van der Waals surface area contributed by atoms with Crippen LogP contribution in [0.5, 0.6) is 5.75 Å². The summed E-state index contributed by atoms with van der Waals surface area (Å²) in [6, 6.07) is 11.9. The van der Waals surface area contributed by atoms with Crippen LogP contribution in [0.15, 0.2) is 46.3 Å². The standard InChI is InChI=1S/C22H27N5O3S/c1-29-18-6-3-2-5-17(18)8-9-23-20(28)15-26-10-12-27(13-11-26)16-21-24-22(25-30-21)19-7-4-14-31-19/h2-7,14H,8-13,15-16H2,1H3,(H,23,28). The monoisotopic (exact) mass is 441 g/mol. The van der Waals surface area contributed by atoms with Crippen molar-refractivity contribution in [1.82, 2.24) is 25.3 Å². The second kappa shape index (κ2) is 10.5. The molecule has 1 aromatic carbocycles. The van der Waals surface area contributed by atoms with Gasteiger partial charge in [0, 0.05) is 32.7 Å². The van der Waals surface area contributed by atoms with E-state index in [4.69, 9.17) is 9.26 Å². The Hall–Kier alpha value is -2.75. The number of thiophene rings is 1. The molecule has 31 heavy (non-hydrogen) atoms. The zero-order chi connectivity index (χ0) is 21.5. The molecule has 1 saturated heterocycles. The van der Waals surface area contributed by atoms with Crippen LogP contribution in [0.25, 0.3) is 10.7 Å². The first kappa shape index (κ1) is 21.5. The molecule has 0 atom stereocenters. The summed E-state index contributed by atoms with van der Waals surface area (Å²) in [6.07, 6.45) is 0.751. The molecule has 0 saturated carbocycles. The first-order valence-corrected chi connectivity index (χ1v) is 11.3. The summed E-state index contributed by atoms with van der Waals surface area (Å²) >= 11 is 1.60. The Labute approximate surface area is 185 Å². The third kappa shape index (κ3) is 5.90. The van der Waals surface area contributed by atoms with Gasteiger partial charge in [-0.1, -0.05) is 29.4 Å². The maximum Gasteiger partial charge on any atom is 0.241 e. The normalized spacial score (nSPS) is 15.1.